The lowest BCUT2D eigenvalue weighted by Gasteiger charge is -2.30. The quantitative estimate of drug-likeness (QED) is 0.667. The van der Waals surface area contributed by atoms with E-state index in [1.807, 2.05) is 24.3 Å². The fraction of sp³-hybridized carbons (Fsp3) is 0.350. The Morgan fingerprint density at radius 1 is 0.966 bits per heavy atom. The van der Waals surface area contributed by atoms with Gasteiger partial charge >= 0.3 is 0 Å². The molecule has 0 unspecified atom stereocenters. The van der Waals surface area contributed by atoms with Crippen LogP contribution in [0.2, 0.25) is 0 Å². The first-order chi connectivity index (χ1) is 13.8. The minimum atomic E-state index is -3.65. The van der Waals surface area contributed by atoms with E-state index in [0.29, 0.717) is 25.9 Å². The number of benzene rings is 2. The Hall–Kier alpha value is -2.23. The third kappa shape index (κ3) is 3.82. The van der Waals surface area contributed by atoms with Gasteiger partial charge in [0.25, 0.3) is 0 Å². The predicted octanol–water partition coefficient (Wildman–Crippen LogP) is 2.92. The zero-order valence-corrected chi connectivity index (χ0v) is 17.7. The third-order valence-corrected chi connectivity index (χ3v) is 9.11. The maximum atomic E-state index is 13.0. The molecule has 0 spiro atoms. The summed E-state index contributed by atoms with van der Waals surface area (Å²) in [6, 6.07) is 13.3. The van der Waals surface area contributed by atoms with Crippen molar-refractivity contribution in [2.45, 2.75) is 35.5 Å². The van der Waals surface area contributed by atoms with Crippen LogP contribution in [0.15, 0.2) is 58.3 Å². The maximum absolute atomic E-state index is 13.0. The second-order valence-electron chi connectivity index (χ2n) is 7.19. The molecule has 0 atom stereocenters. The van der Waals surface area contributed by atoms with Gasteiger partial charge in [-0.05, 0) is 49.2 Å². The van der Waals surface area contributed by atoms with Crippen molar-refractivity contribution in [3.63, 3.8) is 0 Å². The first kappa shape index (κ1) is 20.1. The molecule has 0 saturated carbocycles. The third-order valence-electron chi connectivity index (χ3n) is 5.45. The molecule has 1 fully saturated rings. The Kier molecular flexibility index (Phi) is 5.22. The lowest BCUT2D eigenvalue weighted by molar-refractivity contribution is 0.314. The second-order valence-corrected chi connectivity index (χ2v) is 11.4. The number of nitrogens with one attached hydrogen (secondary N) is 1. The summed E-state index contributed by atoms with van der Waals surface area (Å²) in [5.74, 6) is 1.07. The first-order valence-electron chi connectivity index (χ1n) is 9.59. The Balaban J connectivity index is 1.48. The summed E-state index contributed by atoms with van der Waals surface area (Å²) in [4.78, 5) is 8.24. The van der Waals surface area contributed by atoms with Crippen LogP contribution in [-0.4, -0.2) is 50.0 Å². The van der Waals surface area contributed by atoms with Crippen molar-refractivity contribution in [2.75, 3.05) is 18.8 Å². The highest BCUT2D eigenvalue weighted by Gasteiger charge is 2.31. The number of H-pyrrole nitrogens is 1. The number of fused-ring (bicyclic) bond motifs is 1. The highest BCUT2D eigenvalue weighted by Crippen LogP contribution is 2.30. The summed E-state index contributed by atoms with van der Waals surface area (Å²) < 4.78 is 51.2. The largest absolute Gasteiger partial charge is 0.342 e. The molecule has 9 heteroatoms. The van der Waals surface area contributed by atoms with E-state index in [1.54, 1.807) is 6.92 Å². The van der Waals surface area contributed by atoms with Crippen LogP contribution < -0.4 is 0 Å². The van der Waals surface area contributed by atoms with E-state index < -0.39 is 19.9 Å². The monoisotopic (exact) mass is 433 g/mol. The van der Waals surface area contributed by atoms with Crippen molar-refractivity contribution in [3.05, 3.63) is 54.4 Å². The van der Waals surface area contributed by atoms with Crippen LogP contribution in [-0.2, 0) is 19.9 Å². The van der Waals surface area contributed by atoms with Crippen molar-refractivity contribution in [1.29, 1.82) is 0 Å². The predicted molar refractivity (Wildman–Crippen MR) is 111 cm³/mol. The zero-order valence-electron chi connectivity index (χ0n) is 16.1. The number of rotatable bonds is 5. The molecule has 0 amide bonds. The summed E-state index contributed by atoms with van der Waals surface area (Å²) in [7, 11) is -7.01. The minimum Gasteiger partial charge on any atom is -0.342 e. The van der Waals surface area contributed by atoms with Gasteiger partial charge in [0.05, 0.1) is 26.6 Å². The van der Waals surface area contributed by atoms with Gasteiger partial charge in [-0.1, -0.05) is 19.1 Å². The van der Waals surface area contributed by atoms with Crippen LogP contribution in [0.4, 0.5) is 0 Å². The lowest BCUT2D eigenvalue weighted by atomic mass is 9.97. The van der Waals surface area contributed by atoms with E-state index in [9.17, 15) is 16.8 Å². The van der Waals surface area contributed by atoms with E-state index in [4.69, 9.17) is 0 Å². The zero-order chi connectivity index (χ0) is 20.6. The molecule has 4 rings (SSSR count). The van der Waals surface area contributed by atoms with E-state index >= 15 is 0 Å². The van der Waals surface area contributed by atoms with E-state index in [0.717, 1.165) is 16.9 Å². The molecular formula is C20H23N3O4S2. The van der Waals surface area contributed by atoms with Gasteiger partial charge in [-0.15, -0.1) is 0 Å². The number of imidazole rings is 1. The molecule has 2 aromatic carbocycles. The molecule has 1 aliphatic heterocycles. The van der Waals surface area contributed by atoms with Gasteiger partial charge in [0.1, 0.15) is 5.82 Å². The van der Waals surface area contributed by atoms with Gasteiger partial charge < -0.3 is 4.98 Å². The van der Waals surface area contributed by atoms with Crippen molar-refractivity contribution in [3.8, 4) is 0 Å². The molecular weight excluding hydrogens is 410 g/mol. The van der Waals surface area contributed by atoms with Crippen molar-refractivity contribution in [1.82, 2.24) is 14.3 Å². The Labute approximate surface area is 170 Å². The number of piperidine rings is 1. The molecule has 2 heterocycles. The van der Waals surface area contributed by atoms with Crippen molar-refractivity contribution in [2.24, 2.45) is 0 Å². The minimum absolute atomic E-state index is 0.0194. The number of para-hydroxylation sites is 2. The standard InChI is InChI=1S/C20H23N3O4S2/c1-2-28(24,25)16-7-9-17(10-8-16)29(26,27)23-13-11-15(12-14-23)20-21-18-5-3-4-6-19(18)22-20/h3-10,15H,2,11-14H2,1H3,(H,21,22). The van der Waals surface area contributed by atoms with E-state index in [2.05, 4.69) is 9.97 Å². The Bertz CT molecular complexity index is 1190. The second kappa shape index (κ2) is 7.55. The molecule has 154 valence electrons. The normalized spacial score (nSPS) is 17.0. The average molecular weight is 434 g/mol. The van der Waals surface area contributed by atoms with Crippen LogP contribution >= 0.6 is 0 Å². The summed E-state index contributed by atoms with van der Waals surface area (Å²) in [6.07, 6.45) is 1.36. The molecule has 1 aromatic heterocycles. The van der Waals surface area contributed by atoms with E-state index in [-0.39, 0.29) is 21.5 Å². The van der Waals surface area contributed by atoms with Gasteiger partial charge in [-0.3, -0.25) is 0 Å². The van der Waals surface area contributed by atoms with Crippen LogP contribution in [0.3, 0.4) is 0 Å². The number of sulfonamides is 1. The van der Waals surface area contributed by atoms with Gasteiger partial charge in [0.15, 0.2) is 9.84 Å². The van der Waals surface area contributed by atoms with Crippen LogP contribution in [0.1, 0.15) is 31.5 Å². The molecule has 1 aliphatic rings. The van der Waals surface area contributed by atoms with Crippen LogP contribution in [0.25, 0.3) is 11.0 Å². The lowest BCUT2D eigenvalue weighted by Crippen LogP contribution is -2.38. The molecule has 1 N–H and O–H groups in total. The number of sulfone groups is 1. The van der Waals surface area contributed by atoms with Crippen molar-refractivity contribution < 1.29 is 16.8 Å². The Morgan fingerprint density at radius 2 is 1.59 bits per heavy atom. The molecule has 29 heavy (non-hydrogen) atoms. The van der Waals surface area contributed by atoms with Gasteiger partial charge in [0.2, 0.25) is 10.0 Å². The number of hydrogen-bond acceptors (Lipinski definition) is 5. The first-order valence-corrected chi connectivity index (χ1v) is 12.7. The van der Waals surface area contributed by atoms with Gasteiger partial charge in [-0.25, -0.2) is 21.8 Å². The molecule has 3 aromatic rings. The number of hydrogen-bond donors (Lipinski definition) is 1. The number of nitrogens with zero attached hydrogens (tertiary/aromatic N) is 2. The molecule has 7 nitrogen and oxygen atoms in total. The fourth-order valence-corrected chi connectivity index (χ4v) is 6.02. The highest BCUT2D eigenvalue weighted by atomic mass is 32.2. The maximum Gasteiger partial charge on any atom is 0.243 e. The Morgan fingerprint density at radius 3 is 2.21 bits per heavy atom. The smallest absolute Gasteiger partial charge is 0.243 e. The topological polar surface area (TPSA) is 100 Å². The molecule has 0 radical (unpaired) electrons. The SMILES string of the molecule is CCS(=O)(=O)c1ccc(S(=O)(=O)N2CCC(c3nc4ccccc4[nH]3)CC2)cc1. The van der Waals surface area contributed by atoms with E-state index in [1.165, 1.54) is 28.6 Å². The number of aromatic amines is 1. The fourth-order valence-electron chi connectivity index (χ4n) is 3.67. The molecule has 0 aliphatic carbocycles. The number of aromatic nitrogens is 2. The highest BCUT2D eigenvalue weighted by molar-refractivity contribution is 7.91. The van der Waals surface area contributed by atoms with Crippen molar-refractivity contribution >= 4 is 30.9 Å². The summed E-state index contributed by atoms with van der Waals surface area (Å²) in [6.45, 7) is 2.37. The van der Waals surface area contributed by atoms with Gasteiger partial charge in [-0.2, -0.15) is 4.31 Å². The summed E-state index contributed by atoms with van der Waals surface area (Å²) >= 11 is 0. The molecule has 1 saturated heterocycles. The van der Waals surface area contributed by atoms with Crippen LogP contribution in [0.5, 0.6) is 0 Å². The summed E-state index contributed by atoms with van der Waals surface area (Å²) in [5.41, 5.74) is 1.90. The average Bonchev–Trinajstić information content (AvgIpc) is 3.18. The van der Waals surface area contributed by atoms with Crippen LogP contribution in [0, 0.1) is 0 Å². The summed E-state index contributed by atoms with van der Waals surface area (Å²) in [5, 5.41) is 0. The van der Waals surface area contributed by atoms with Gasteiger partial charge in [0, 0.05) is 19.0 Å². The molecule has 0 bridgehead atoms.